The third-order valence-corrected chi connectivity index (χ3v) is 4.46. The summed E-state index contributed by atoms with van der Waals surface area (Å²) in [4.78, 5) is 4.05. The van der Waals surface area contributed by atoms with Crippen LogP contribution in [0.4, 0.5) is 0 Å². The van der Waals surface area contributed by atoms with E-state index in [0.29, 0.717) is 27.6 Å². The first kappa shape index (κ1) is 16.1. The molecule has 1 aromatic carbocycles. The van der Waals surface area contributed by atoms with E-state index in [1.54, 1.807) is 42.6 Å². The molecule has 1 atom stereocenters. The van der Waals surface area contributed by atoms with Gasteiger partial charge >= 0.3 is 0 Å². The lowest BCUT2D eigenvalue weighted by Crippen LogP contribution is -2.46. The molecule has 0 aliphatic carbocycles. The van der Waals surface area contributed by atoms with Crippen LogP contribution in [-0.2, 0) is 5.41 Å². The monoisotopic (exact) mass is 349 g/mol. The van der Waals surface area contributed by atoms with E-state index in [-0.39, 0.29) is 18.4 Å². The van der Waals surface area contributed by atoms with E-state index in [9.17, 15) is 10.2 Å². The van der Waals surface area contributed by atoms with Crippen LogP contribution in [0.15, 0.2) is 52.8 Å². The van der Waals surface area contributed by atoms with Crippen molar-refractivity contribution in [3.63, 3.8) is 0 Å². The van der Waals surface area contributed by atoms with Gasteiger partial charge in [-0.05, 0) is 29.8 Å². The molecule has 23 heavy (non-hydrogen) atoms. The Bertz CT molecular complexity index is 790. The minimum atomic E-state index is -1.08. The Hall–Kier alpha value is -1.79. The van der Waals surface area contributed by atoms with Crippen molar-refractivity contribution < 1.29 is 10.2 Å². The average molecular weight is 350 g/mol. The molecule has 2 aromatic rings. The number of halogens is 2. The van der Waals surface area contributed by atoms with Crippen LogP contribution in [0, 0.1) is 0 Å². The van der Waals surface area contributed by atoms with Crippen LogP contribution >= 0.6 is 23.2 Å². The van der Waals surface area contributed by atoms with Gasteiger partial charge in [0.05, 0.1) is 24.6 Å². The molecule has 5 nitrogen and oxygen atoms in total. The normalized spacial score (nSPS) is 20.3. The van der Waals surface area contributed by atoms with Crippen molar-refractivity contribution >= 4 is 34.6 Å². The minimum Gasteiger partial charge on any atom is -0.395 e. The summed E-state index contributed by atoms with van der Waals surface area (Å²) in [6.07, 6.45) is 1.57. The number of rotatable bonds is 4. The molecular weight excluding hydrogens is 337 g/mol. The van der Waals surface area contributed by atoms with Crippen molar-refractivity contribution in [3.8, 4) is 0 Å². The third kappa shape index (κ3) is 2.56. The van der Waals surface area contributed by atoms with E-state index in [2.05, 4.69) is 15.2 Å². The number of benzene rings is 1. The van der Waals surface area contributed by atoms with Gasteiger partial charge in [0, 0.05) is 16.8 Å². The Labute approximate surface area is 142 Å². The lowest BCUT2D eigenvalue weighted by atomic mass is 9.71. The van der Waals surface area contributed by atoms with E-state index < -0.39 is 5.41 Å². The van der Waals surface area contributed by atoms with Crippen molar-refractivity contribution in [1.29, 1.82) is 0 Å². The summed E-state index contributed by atoms with van der Waals surface area (Å²) in [7, 11) is 0. The van der Waals surface area contributed by atoms with Gasteiger partial charge in [-0.3, -0.25) is 0 Å². The van der Waals surface area contributed by atoms with Crippen LogP contribution in [0.5, 0.6) is 0 Å². The predicted molar refractivity (Wildman–Crippen MR) is 90.5 cm³/mol. The smallest absolute Gasteiger partial charge is 0.138 e. The van der Waals surface area contributed by atoms with Crippen LogP contribution in [0.3, 0.4) is 0 Å². The molecule has 1 aliphatic heterocycles. The van der Waals surface area contributed by atoms with Gasteiger partial charge in [0.1, 0.15) is 10.6 Å². The van der Waals surface area contributed by atoms with Crippen molar-refractivity contribution in [1.82, 2.24) is 4.98 Å². The highest BCUT2D eigenvalue weighted by Crippen LogP contribution is 2.36. The zero-order valence-corrected chi connectivity index (χ0v) is 13.5. The number of hydrogen-bond donors (Lipinski definition) is 2. The molecule has 2 heterocycles. The van der Waals surface area contributed by atoms with Gasteiger partial charge in [0.15, 0.2) is 0 Å². The summed E-state index contributed by atoms with van der Waals surface area (Å²) < 4.78 is 0. The molecule has 1 aliphatic rings. The van der Waals surface area contributed by atoms with Crippen LogP contribution < -0.4 is 0 Å². The Kier molecular flexibility index (Phi) is 4.46. The molecule has 3 rings (SSSR count). The van der Waals surface area contributed by atoms with E-state index in [4.69, 9.17) is 23.2 Å². The van der Waals surface area contributed by atoms with E-state index >= 15 is 0 Å². The molecule has 0 spiro atoms. The van der Waals surface area contributed by atoms with Gasteiger partial charge in [-0.15, -0.1) is 0 Å². The zero-order valence-electron chi connectivity index (χ0n) is 11.9. The quantitative estimate of drug-likeness (QED) is 0.832. The molecule has 1 unspecified atom stereocenters. The molecule has 0 radical (unpaired) electrons. The molecule has 1 aromatic heterocycles. The van der Waals surface area contributed by atoms with Crippen LogP contribution in [0.1, 0.15) is 11.1 Å². The number of aliphatic hydroxyl groups excluding tert-OH is 2. The highest BCUT2D eigenvalue weighted by atomic mass is 35.5. The lowest BCUT2D eigenvalue weighted by Gasteiger charge is -2.30. The molecule has 7 heteroatoms. The standard InChI is InChI=1S/C16H13Cl2N3O2/c17-11-5-3-10(4-6-11)16(9-23)13(8-22)20-21-14(16)12-2-1-7-19-15(12)18/h1-7,22-23H,8-9H2. The van der Waals surface area contributed by atoms with Gasteiger partial charge in [-0.25, -0.2) is 4.98 Å². The Morgan fingerprint density at radius 1 is 1.00 bits per heavy atom. The fraction of sp³-hybridized carbons (Fsp3) is 0.188. The third-order valence-electron chi connectivity index (χ3n) is 3.91. The molecule has 0 amide bonds. The van der Waals surface area contributed by atoms with E-state index in [1.807, 2.05) is 0 Å². The topological polar surface area (TPSA) is 78.1 Å². The fourth-order valence-corrected chi connectivity index (χ4v) is 3.06. The number of aliphatic hydroxyl groups is 2. The molecular formula is C16H13Cl2N3O2. The zero-order chi connectivity index (χ0) is 16.4. The molecule has 0 fully saturated rings. The molecule has 0 saturated heterocycles. The molecule has 0 saturated carbocycles. The van der Waals surface area contributed by atoms with E-state index in [0.717, 1.165) is 0 Å². The Morgan fingerprint density at radius 3 is 2.35 bits per heavy atom. The summed E-state index contributed by atoms with van der Waals surface area (Å²) in [5.74, 6) is 0. The minimum absolute atomic E-state index is 0.257. The van der Waals surface area contributed by atoms with Crippen LogP contribution in [0.25, 0.3) is 0 Å². The summed E-state index contributed by atoms with van der Waals surface area (Å²) in [5.41, 5.74) is 0.992. The number of pyridine rings is 1. The van der Waals surface area contributed by atoms with Gasteiger partial charge in [-0.2, -0.15) is 10.2 Å². The van der Waals surface area contributed by atoms with Crippen LogP contribution in [0.2, 0.25) is 10.2 Å². The maximum absolute atomic E-state index is 10.2. The van der Waals surface area contributed by atoms with Crippen molar-refractivity contribution in [2.75, 3.05) is 13.2 Å². The maximum atomic E-state index is 10.2. The first-order valence-corrected chi connectivity index (χ1v) is 7.63. The van der Waals surface area contributed by atoms with E-state index in [1.165, 1.54) is 0 Å². The fourth-order valence-electron chi connectivity index (χ4n) is 2.73. The summed E-state index contributed by atoms with van der Waals surface area (Å²) >= 11 is 12.1. The molecule has 0 bridgehead atoms. The van der Waals surface area contributed by atoms with Crippen molar-refractivity contribution in [3.05, 3.63) is 63.9 Å². The Morgan fingerprint density at radius 2 is 1.74 bits per heavy atom. The maximum Gasteiger partial charge on any atom is 0.138 e. The second kappa shape index (κ2) is 6.37. The molecule has 118 valence electrons. The van der Waals surface area contributed by atoms with Crippen molar-refractivity contribution in [2.45, 2.75) is 5.41 Å². The largest absolute Gasteiger partial charge is 0.395 e. The number of nitrogens with zero attached hydrogens (tertiary/aromatic N) is 3. The Balaban J connectivity index is 2.21. The van der Waals surface area contributed by atoms with Gasteiger partial charge in [-0.1, -0.05) is 35.3 Å². The highest BCUT2D eigenvalue weighted by molar-refractivity contribution is 6.36. The lowest BCUT2D eigenvalue weighted by molar-refractivity contribution is 0.262. The highest BCUT2D eigenvalue weighted by Gasteiger charge is 2.46. The number of aromatic nitrogens is 1. The summed E-state index contributed by atoms with van der Waals surface area (Å²) in [6, 6.07) is 10.5. The summed E-state index contributed by atoms with van der Waals surface area (Å²) in [6.45, 7) is -0.661. The van der Waals surface area contributed by atoms with Gasteiger partial charge in [0.2, 0.25) is 0 Å². The summed E-state index contributed by atoms with van der Waals surface area (Å²) in [5, 5.41) is 28.9. The van der Waals surface area contributed by atoms with Crippen molar-refractivity contribution in [2.24, 2.45) is 10.2 Å². The van der Waals surface area contributed by atoms with Crippen LogP contribution in [-0.4, -0.2) is 39.8 Å². The molecule has 2 N–H and O–H groups in total. The SMILES string of the molecule is OCC1=NN=C(c2cccnc2Cl)C1(CO)c1ccc(Cl)cc1. The second-order valence-electron chi connectivity index (χ2n) is 5.07. The first-order valence-electron chi connectivity index (χ1n) is 6.87. The predicted octanol–water partition coefficient (Wildman–Crippen LogP) is 2.47. The first-order chi connectivity index (χ1) is 11.1. The van der Waals surface area contributed by atoms with Gasteiger partial charge < -0.3 is 10.2 Å². The number of hydrogen-bond acceptors (Lipinski definition) is 5. The average Bonchev–Trinajstić information content (AvgIpc) is 2.95. The van der Waals surface area contributed by atoms with Gasteiger partial charge in [0.25, 0.3) is 0 Å². The second-order valence-corrected chi connectivity index (χ2v) is 5.86.